The number of amides is 1. The van der Waals surface area contributed by atoms with Gasteiger partial charge in [0.25, 0.3) is 0 Å². The van der Waals surface area contributed by atoms with Crippen molar-refractivity contribution < 1.29 is 37.5 Å². The van der Waals surface area contributed by atoms with Gasteiger partial charge in [0.1, 0.15) is 0 Å². The summed E-state index contributed by atoms with van der Waals surface area (Å²) in [4.78, 5) is 15.3. The molecule has 1 heterocycles. The van der Waals surface area contributed by atoms with Crippen molar-refractivity contribution in [2.75, 3.05) is 27.2 Å². The van der Waals surface area contributed by atoms with Gasteiger partial charge in [0, 0.05) is 19.6 Å². The average Bonchev–Trinajstić information content (AvgIpc) is 2.49. The minimum atomic E-state index is 0. The van der Waals surface area contributed by atoms with Gasteiger partial charge in [0.2, 0.25) is 0 Å². The van der Waals surface area contributed by atoms with Crippen molar-refractivity contribution in [3.05, 3.63) is 6.42 Å². The zero-order valence-electron chi connectivity index (χ0n) is 8.66. The third-order valence-electron chi connectivity index (χ3n) is 2.51. The van der Waals surface area contributed by atoms with E-state index in [1.165, 1.54) is 0 Å². The number of rotatable bonds is 2. The van der Waals surface area contributed by atoms with Crippen LogP contribution in [0.4, 0.5) is 0 Å². The van der Waals surface area contributed by atoms with Crippen LogP contribution in [0.5, 0.6) is 0 Å². The molecule has 0 aromatic carbocycles. The molecule has 0 spiro atoms. The number of likely N-dealkylation sites (N-methyl/N-ethyl adjacent to an activating group) is 2. The number of nitrogens with zero attached hydrogens (tertiary/aromatic N) is 2. The summed E-state index contributed by atoms with van der Waals surface area (Å²) in [6.07, 6.45) is 2.73. The van der Waals surface area contributed by atoms with E-state index in [2.05, 4.69) is 11.9 Å². The number of hydrogen-bond donors (Lipinski definition) is 0. The van der Waals surface area contributed by atoms with Crippen molar-refractivity contribution in [3.8, 4) is 0 Å². The maximum atomic E-state index is 11.3. The van der Waals surface area contributed by atoms with Crippen LogP contribution in [-0.2, 0) is 37.5 Å². The molecule has 0 bridgehead atoms. The van der Waals surface area contributed by atoms with E-state index in [-0.39, 0.29) is 38.6 Å². The van der Waals surface area contributed by atoms with Crippen molar-refractivity contribution in [2.45, 2.75) is 19.4 Å². The van der Waals surface area contributed by atoms with Gasteiger partial charge in [-0.05, 0) is 20.0 Å². The maximum Gasteiger partial charge on any atom is 3.00 e. The zero-order chi connectivity index (χ0) is 9.14. The Hall–Kier alpha value is 0.404. The van der Waals surface area contributed by atoms with Crippen molar-refractivity contribution in [1.82, 2.24) is 9.80 Å². The Morgan fingerprint density at radius 1 is 1.62 bits per heavy atom. The summed E-state index contributed by atoms with van der Waals surface area (Å²) < 4.78 is 0. The Morgan fingerprint density at radius 2 is 2.23 bits per heavy atom. The minimum absolute atomic E-state index is 0. The molecule has 0 aromatic rings. The molecule has 0 aliphatic carbocycles. The van der Waals surface area contributed by atoms with Gasteiger partial charge in [0.05, 0.1) is 5.91 Å². The minimum Gasteiger partial charge on any atom is -0.366 e. The average molecular weight is 258 g/mol. The van der Waals surface area contributed by atoms with Gasteiger partial charge >= 0.3 is 32.7 Å². The molecular formula is C9H17N2OY+2. The van der Waals surface area contributed by atoms with Gasteiger partial charge in [-0.2, -0.15) is 6.92 Å². The Kier molecular flexibility index (Phi) is 6.18. The first-order chi connectivity index (χ1) is 5.65. The van der Waals surface area contributed by atoms with Crippen molar-refractivity contribution in [2.24, 2.45) is 0 Å². The molecule has 1 aliphatic heterocycles. The molecule has 0 aromatic heterocycles. The van der Waals surface area contributed by atoms with E-state index in [0.717, 1.165) is 19.5 Å². The molecule has 0 N–H and O–H groups in total. The first-order valence-electron chi connectivity index (χ1n) is 4.40. The molecule has 3 nitrogen and oxygen atoms in total. The second kappa shape index (κ2) is 5.99. The molecular weight excluding hydrogens is 241 g/mol. The molecule has 1 atom stereocenters. The van der Waals surface area contributed by atoms with Crippen LogP contribution in [0, 0.1) is 6.42 Å². The maximum absolute atomic E-state index is 11.3. The topological polar surface area (TPSA) is 23.6 Å². The molecule has 0 saturated carbocycles. The van der Waals surface area contributed by atoms with Gasteiger partial charge in [-0.25, -0.2) is 0 Å². The van der Waals surface area contributed by atoms with Crippen molar-refractivity contribution >= 4 is 5.91 Å². The van der Waals surface area contributed by atoms with E-state index in [1.807, 2.05) is 11.9 Å². The fourth-order valence-electron chi connectivity index (χ4n) is 1.61. The van der Waals surface area contributed by atoms with E-state index in [1.54, 1.807) is 13.3 Å². The van der Waals surface area contributed by atoms with E-state index in [9.17, 15) is 4.79 Å². The van der Waals surface area contributed by atoms with Crippen LogP contribution in [0.15, 0.2) is 0 Å². The molecule has 13 heavy (non-hydrogen) atoms. The molecule has 1 rings (SSSR count). The van der Waals surface area contributed by atoms with Crippen molar-refractivity contribution in [1.29, 1.82) is 0 Å². The SMILES string of the molecule is C[CH-]C(=O)N(C)C1CCN(C)C1.[Y+3]. The summed E-state index contributed by atoms with van der Waals surface area (Å²) in [6.45, 7) is 3.90. The second-order valence-corrected chi connectivity index (χ2v) is 3.44. The summed E-state index contributed by atoms with van der Waals surface area (Å²) in [5, 5.41) is 0. The third-order valence-corrected chi connectivity index (χ3v) is 2.51. The molecule has 1 amide bonds. The van der Waals surface area contributed by atoms with Gasteiger partial charge < -0.3 is 21.0 Å². The monoisotopic (exact) mass is 258 g/mol. The Bertz CT molecular complexity index is 175. The fraction of sp³-hybridized carbons (Fsp3) is 0.778. The summed E-state index contributed by atoms with van der Waals surface area (Å²) in [6, 6.07) is 0.415. The molecule has 1 unspecified atom stereocenters. The Morgan fingerprint density at radius 3 is 2.62 bits per heavy atom. The predicted molar refractivity (Wildman–Crippen MR) is 48.6 cm³/mol. The fourth-order valence-corrected chi connectivity index (χ4v) is 1.61. The second-order valence-electron chi connectivity index (χ2n) is 3.44. The van der Waals surface area contributed by atoms with Gasteiger partial charge in [-0.1, -0.05) is 0 Å². The van der Waals surface area contributed by atoms with Gasteiger partial charge in [-0.3, -0.25) is 0 Å². The Labute approximate surface area is 106 Å². The van der Waals surface area contributed by atoms with Crippen LogP contribution in [-0.4, -0.2) is 48.9 Å². The van der Waals surface area contributed by atoms with Crippen LogP contribution in [0.1, 0.15) is 13.3 Å². The standard InChI is InChI=1S/C9H17N2O.Y/c1-4-9(12)11(3)8-5-6-10(2)7-8;/h4,8H,5-7H2,1-3H3;/q-1;+3. The van der Waals surface area contributed by atoms with Crippen LogP contribution in [0.3, 0.4) is 0 Å². The number of likely N-dealkylation sites (tertiary alicyclic amines) is 1. The van der Waals surface area contributed by atoms with E-state index in [0.29, 0.717) is 6.04 Å². The molecule has 1 saturated heterocycles. The van der Waals surface area contributed by atoms with Gasteiger partial charge in [0.15, 0.2) is 0 Å². The normalized spacial score (nSPS) is 22.2. The first-order valence-corrected chi connectivity index (χ1v) is 4.40. The molecule has 1 fully saturated rings. The van der Waals surface area contributed by atoms with Gasteiger partial charge in [-0.15, -0.1) is 0 Å². The summed E-state index contributed by atoms with van der Waals surface area (Å²) in [7, 11) is 3.97. The number of carbonyl (C=O) groups excluding carboxylic acids is 1. The molecule has 70 valence electrons. The number of hydrogen-bond acceptors (Lipinski definition) is 2. The Balaban J connectivity index is 0.00000144. The zero-order valence-corrected chi connectivity index (χ0v) is 11.5. The molecule has 4 heteroatoms. The van der Waals surface area contributed by atoms with Crippen LogP contribution in [0.25, 0.3) is 0 Å². The predicted octanol–water partition coefficient (Wildman–Crippen LogP) is 0.371. The van der Waals surface area contributed by atoms with Crippen LogP contribution >= 0.6 is 0 Å². The summed E-state index contributed by atoms with van der Waals surface area (Å²) >= 11 is 0. The largest absolute Gasteiger partial charge is 3.00 e. The smallest absolute Gasteiger partial charge is 0.366 e. The van der Waals surface area contributed by atoms with E-state index >= 15 is 0 Å². The quantitative estimate of drug-likeness (QED) is 0.668. The van der Waals surface area contributed by atoms with Crippen LogP contribution in [0.2, 0.25) is 0 Å². The number of carbonyl (C=O) groups is 1. The molecule has 0 radical (unpaired) electrons. The van der Waals surface area contributed by atoms with E-state index < -0.39 is 0 Å². The summed E-state index contributed by atoms with van der Waals surface area (Å²) in [5.41, 5.74) is 0. The van der Waals surface area contributed by atoms with Crippen molar-refractivity contribution in [3.63, 3.8) is 0 Å². The molecule has 1 aliphatic rings. The third kappa shape index (κ3) is 3.57. The van der Waals surface area contributed by atoms with E-state index in [4.69, 9.17) is 0 Å². The first kappa shape index (κ1) is 13.4. The van der Waals surface area contributed by atoms with Crippen LogP contribution < -0.4 is 0 Å². The summed E-state index contributed by atoms with van der Waals surface area (Å²) in [5.74, 6) is 0.135.